The number of rotatable bonds is 7. The minimum atomic E-state index is -0.0832. The second kappa shape index (κ2) is 7.80. The molecule has 0 amide bonds. The van der Waals surface area contributed by atoms with Crippen LogP contribution in [0, 0.1) is 23.7 Å². The number of carbonyl (C=O) groups excluding carboxylic acids is 2. The highest BCUT2D eigenvalue weighted by Gasteiger charge is 2.40. The first-order valence-electron chi connectivity index (χ1n) is 8.90. The molecule has 0 radical (unpaired) electrons. The molecule has 0 heterocycles. The molecule has 4 unspecified atom stereocenters. The van der Waals surface area contributed by atoms with Gasteiger partial charge in [0, 0.05) is 0 Å². The van der Waals surface area contributed by atoms with Gasteiger partial charge in [-0.25, -0.2) is 0 Å². The van der Waals surface area contributed by atoms with Gasteiger partial charge in [-0.15, -0.1) is 0 Å². The van der Waals surface area contributed by atoms with Gasteiger partial charge < -0.3 is 9.47 Å². The molecule has 4 atom stereocenters. The van der Waals surface area contributed by atoms with Crippen LogP contribution < -0.4 is 0 Å². The second-order valence-corrected chi connectivity index (χ2v) is 6.91. The molecule has 0 N–H and O–H groups in total. The van der Waals surface area contributed by atoms with Gasteiger partial charge in [0.15, 0.2) is 0 Å². The molecule has 0 aliphatic heterocycles. The topological polar surface area (TPSA) is 52.6 Å². The zero-order valence-corrected chi connectivity index (χ0v) is 13.6. The summed E-state index contributed by atoms with van der Waals surface area (Å²) in [6, 6.07) is 0. The summed E-state index contributed by atoms with van der Waals surface area (Å²) in [7, 11) is 0. The lowest BCUT2D eigenvalue weighted by molar-refractivity contribution is -0.151. The summed E-state index contributed by atoms with van der Waals surface area (Å²) in [4.78, 5) is 23.9. The van der Waals surface area contributed by atoms with Crippen molar-refractivity contribution in [3.8, 4) is 0 Å². The van der Waals surface area contributed by atoms with Gasteiger partial charge in [-0.2, -0.15) is 0 Å². The molecule has 126 valence electrons. The average molecular weight is 318 g/mol. The van der Waals surface area contributed by atoms with Crippen molar-refractivity contribution in [2.24, 2.45) is 23.7 Å². The van der Waals surface area contributed by atoms with Crippen LogP contribution >= 0.6 is 0 Å². The molecule has 4 nitrogen and oxygen atoms in total. The summed E-state index contributed by atoms with van der Waals surface area (Å²) in [5.74, 6) is 0.961. The first-order valence-corrected chi connectivity index (χ1v) is 8.90. The van der Waals surface area contributed by atoms with Crippen molar-refractivity contribution < 1.29 is 19.1 Å². The Bertz CT molecular complexity index is 494. The minimum absolute atomic E-state index is 0.0312. The van der Waals surface area contributed by atoms with Crippen LogP contribution in [-0.2, 0) is 19.1 Å². The quantitative estimate of drug-likeness (QED) is 0.410. The van der Waals surface area contributed by atoms with E-state index in [9.17, 15) is 9.59 Å². The van der Waals surface area contributed by atoms with Crippen LogP contribution in [0.25, 0.3) is 0 Å². The lowest BCUT2D eigenvalue weighted by Gasteiger charge is -2.17. The zero-order chi connectivity index (χ0) is 16.1. The Labute approximate surface area is 137 Å². The van der Waals surface area contributed by atoms with Crippen molar-refractivity contribution >= 4 is 11.9 Å². The Morgan fingerprint density at radius 3 is 2.35 bits per heavy atom. The van der Waals surface area contributed by atoms with E-state index in [1.54, 1.807) is 0 Å². The maximum absolute atomic E-state index is 12.0. The van der Waals surface area contributed by atoms with E-state index in [2.05, 4.69) is 24.3 Å². The van der Waals surface area contributed by atoms with Gasteiger partial charge in [0.1, 0.15) is 0 Å². The Balaban J connectivity index is 1.23. The van der Waals surface area contributed by atoms with Crippen molar-refractivity contribution in [1.82, 2.24) is 0 Å². The molecule has 0 aromatic rings. The molecule has 0 spiro atoms. The maximum atomic E-state index is 12.0. The Hall–Kier alpha value is -1.58. The number of ether oxygens (including phenoxy) is 2. The van der Waals surface area contributed by atoms with Crippen LogP contribution in [0.5, 0.6) is 0 Å². The third kappa shape index (κ3) is 4.24. The summed E-state index contributed by atoms with van der Waals surface area (Å²) in [5.41, 5.74) is 0. The summed E-state index contributed by atoms with van der Waals surface area (Å²) < 4.78 is 10.7. The monoisotopic (exact) mass is 318 g/mol. The van der Waals surface area contributed by atoms with Crippen molar-refractivity contribution in [3.63, 3.8) is 0 Å². The summed E-state index contributed by atoms with van der Waals surface area (Å²) in [6.45, 7) is 0.855. The maximum Gasteiger partial charge on any atom is 0.309 e. The van der Waals surface area contributed by atoms with Gasteiger partial charge in [0.25, 0.3) is 0 Å². The third-order valence-corrected chi connectivity index (χ3v) is 5.21. The van der Waals surface area contributed by atoms with Gasteiger partial charge in [-0.3, -0.25) is 9.59 Å². The van der Waals surface area contributed by atoms with Crippen molar-refractivity contribution in [2.45, 2.75) is 44.9 Å². The molecule has 0 saturated heterocycles. The number of hydrogen-bond acceptors (Lipinski definition) is 4. The molecule has 3 aliphatic carbocycles. The predicted molar refractivity (Wildman–Crippen MR) is 86.5 cm³/mol. The smallest absolute Gasteiger partial charge is 0.309 e. The SMILES string of the molecule is O=C(OCCCCOC(=O)C1CC2C=CC1C2)C1CC=CCC1. The average Bonchev–Trinajstić information content (AvgIpc) is 3.21. The van der Waals surface area contributed by atoms with Crippen LogP contribution in [0.15, 0.2) is 24.3 Å². The number of unbranched alkanes of at least 4 members (excludes halogenated alkanes) is 1. The third-order valence-electron chi connectivity index (χ3n) is 5.21. The standard InChI is InChI=1S/C19H26O4/c20-18(15-6-2-1-3-7-15)22-10-4-5-11-23-19(21)17-13-14-8-9-16(17)12-14/h1-2,8-9,14-17H,3-7,10-13H2. The molecule has 3 rings (SSSR count). The first kappa shape index (κ1) is 16.3. The van der Waals surface area contributed by atoms with Crippen LogP contribution in [0.1, 0.15) is 44.9 Å². The lowest BCUT2D eigenvalue weighted by atomic mass is 9.94. The van der Waals surface area contributed by atoms with Crippen LogP contribution in [0.3, 0.4) is 0 Å². The minimum Gasteiger partial charge on any atom is -0.465 e. The van der Waals surface area contributed by atoms with E-state index in [0.29, 0.717) is 25.0 Å². The Kier molecular flexibility index (Phi) is 5.52. The van der Waals surface area contributed by atoms with Crippen molar-refractivity contribution in [1.29, 1.82) is 0 Å². The normalized spacial score (nSPS) is 31.3. The van der Waals surface area contributed by atoms with Crippen molar-refractivity contribution in [3.05, 3.63) is 24.3 Å². The van der Waals surface area contributed by atoms with E-state index in [0.717, 1.165) is 44.9 Å². The van der Waals surface area contributed by atoms with Gasteiger partial charge in [0.05, 0.1) is 25.0 Å². The largest absolute Gasteiger partial charge is 0.465 e. The number of allylic oxidation sites excluding steroid dienone is 4. The summed E-state index contributed by atoms with van der Waals surface area (Å²) in [6.07, 6.45) is 14.8. The van der Waals surface area contributed by atoms with E-state index in [-0.39, 0.29) is 23.8 Å². The fourth-order valence-corrected chi connectivity index (χ4v) is 3.83. The zero-order valence-electron chi connectivity index (χ0n) is 13.6. The van der Waals surface area contributed by atoms with Crippen LogP contribution in [0.2, 0.25) is 0 Å². The van der Waals surface area contributed by atoms with E-state index in [1.807, 2.05) is 0 Å². The Morgan fingerprint density at radius 2 is 1.74 bits per heavy atom. The molecule has 2 bridgehead atoms. The van der Waals surface area contributed by atoms with Crippen molar-refractivity contribution in [2.75, 3.05) is 13.2 Å². The summed E-state index contributed by atoms with van der Waals surface area (Å²) >= 11 is 0. The fourth-order valence-electron chi connectivity index (χ4n) is 3.83. The van der Waals surface area contributed by atoms with Gasteiger partial charge in [-0.1, -0.05) is 24.3 Å². The first-order chi connectivity index (χ1) is 11.2. The van der Waals surface area contributed by atoms with E-state index >= 15 is 0 Å². The predicted octanol–water partition coefficient (Wildman–Crippen LogP) is 3.42. The molecule has 0 aromatic heterocycles. The van der Waals surface area contributed by atoms with Gasteiger partial charge in [-0.05, 0) is 56.8 Å². The second-order valence-electron chi connectivity index (χ2n) is 6.91. The molecule has 4 heteroatoms. The highest BCUT2D eigenvalue weighted by molar-refractivity contribution is 5.74. The van der Waals surface area contributed by atoms with Crippen LogP contribution in [-0.4, -0.2) is 25.2 Å². The fraction of sp³-hybridized carbons (Fsp3) is 0.684. The van der Waals surface area contributed by atoms with Crippen LogP contribution in [0.4, 0.5) is 0 Å². The Morgan fingerprint density at radius 1 is 0.957 bits per heavy atom. The molecular formula is C19H26O4. The highest BCUT2D eigenvalue weighted by Crippen LogP contribution is 2.43. The number of hydrogen-bond donors (Lipinski definition) is 0. The van der Waals surface area contributed by atoms with Gasteiger partial charge >= 0.3 is 11.9 Å². The summed E-state index contributed by atoms with van der Waals surface area (Å²) in [5, 5.41) is 0. The molecule has 1 saturated carbocycles. The van der Waals surface area contributed by atoms with Gasteiger partial charge in [0.2, 0.25) is 0 Å². The van der Waals surface area contributed by atoms with E-state index in [4.69, 9.17) is 9.47 Å². The number of carbonyl (C=O) groups is 2. The molecule has 0 aromatic carbocycles. The highest BCUT2D eigenvalue weighted by atomic mass is 16.5. The lowest BCUT2D eigenvalue weighted by Crippen LogP contribution is -2.22. The number of fused-ring (bicyclic) bond motifs is 2. The number of esters is 2. The molecule has 23 heavy (non-hydrogen) atoms. The molecule has 1 fully saturated rings. The molecule has 3 aliphatic rings. The molecular weight excluding hydrogens is 292 g/mol. The van der Waals surface area contributed by atoms with E-state index in [1.165, 1.54) is 0 Å². The van der Waals surface area contributed by atoms with E-state index < -0.39 is 0 Å².